The Morgan fingerprint density at radius 3 is 2.50 bits per heavy atom. The van der Waals surface area contributed by atoms with Gasteiger partial charge >= 0.3 is 0 Å². The SMILES string of the molecule is CC1CCCN(c2cc(N3CCCC3)nc(NC(=S)NCc3ccc(-c4ccccc4)o3)n2)C1. The predicted molar refractivity (Wildman–Crippen MR) is 141 cm³/mol. The van der Waals surface area contributed by atoms with Gasteiger partial charge in [0.25, 0.3) is 0 Å². The zero-order valence-corrected chi connectivity index (χ0v) is 20.5. The van der Waals surface area contributed by atoms with E-state index in [1.807, 2.05) is 42.5 Å². The van der Waals surface area contributed by atoms with Crippen LogP contribution in [0.5, 0.6) is 0 Å². The molecule has 3 aromatic rings. The number of thiocarbonyl (C=S) groups is 1. The maximum Gasteiger partial charge on any atom is 0.232 e. The minimum Gasteiger partial charge on any atom is -0.459 e. The predicted octanol–water partition coefficient (Wildman–Crippen LogP) is 5.06. The van der Waals surface area contributed by atoms with Crippen LogP contribution in [0.2, 0.25) is 0 Å². The lowest BCUT2D eigenvalue weighted by Gasteiger charge is -2.32. The van der Waals surface area contributed by atoms with Gasteiger partial charge in [0.15, 0.2) is 5.11 Å². The number of nitrogens with zero attached hydrogens (tertiary/aromatic N) is 4. The van der Waals surface area contributed by atoms with Crippen molar-refractivity contribution < 1.29 is 4.42 Å². The van der Waals surface area contributed by atoms with Crippen molar-refractivity contribution in [3.63, 3.8) is 0 Å². The molecule has 8 heteroatoms. The molecule has 1 atom stereocenters. The normalized spacial score (nSPS) is 18.2. The number of rotatable bonds is 6. The van der Waals surface area contributed by atoms with Crippen molar-refractivity contribution in [1.29, 1.82) is 0 Å². The number of hydrogen-bond acceptors (Lipinski definition) is 6. The molecule has 5 rings (SSSR count). The first kappa shape index (κ1) is 22.7. The van der Waals surface area contributed by atoms with Crippen LogP contribution in [0.15, 0.2) is 52.9 Å². The highest BCUT2D eigenvalue weighted by molar-refractivity contribution is 7.80. The van der Waals surface area contributed by atoms with E-state index in [0.29, 0.717) is 23.5 Å². The average Bonchev–Trinajstić information content (AvgIpc) is 3.56. The van der Waals surface area contributed by atoms with Crippen LogP contribution in [0, 0.1) is 5.92 Å². The number of aromatic nitrogens is 2. The summed E-state index contributed by atoms with van der Waals surface area (Å²) in [6.45, 7) is 6.94. The Kier molecular flexibility index (Phi) is 6.94. The fourth-order valence-corrected chi connectivity index (χ4v) is 4.85. The molecule has 0 aliphatic carbocycles. The summed E-state index contributed by atoms with van der Waals surface area (Å²) in [5.41, 5.74) is 1.06. The highest BCUT2D eigenvalue weighted by Crippen LogP contribution is 2.27. The van der Waals surface area contributed by atoms with Gasteiger partial charge < -0.3 is 24.9 Å². The Hall–Kier alpha value is -3.13. The summed E-state index contributed by atoms with van der Waals surface area (Å²) in [5.74, 6) is 4.83. The number of piperidine rings is 1. The molecule has 0 spiro atoms. The van der Waals surface area contributed by atoms with Crippen molar-refractivity contribution in [2.75, 3.05) is 41.3 Å². The second-order valence-corrected chi connectivity index (χ2v) is 9.64. The van der Waals surface area contributed by atoms with Crippen LogP contribution < -0.4 is 20.4 Å². The highest BCUT2D eigenvalue weighted by Gasteiger charge is 2.22. The molecule has 4 heterocycles. The van der Waals surface area contributed by atoms with Crippen LogP contribution in [0.25, 0.3) is 11.3 Å². The fraction of sp³-hybridized carbons (Fsp3) is 0.423. The molecule has 34 heavy (non-hydrogen) atoms. The minimum absolute atomic E-state index is 0.481. The van der Waals surface area contributed by atoms with Crippen molar-refractivity contribution in [3.8, 4) is 11.3 Å². The van der Waals surface area contributed by atoms with Gasteiger partial charge in [0.05, 0.1) is 6.54 Å². The molecule has 2 saturated heterocycles. The van der Waals surface area contributed by atoms with Crippen LogP contribution in [0.3, 0.4) is 0 Å². The molecule has 0 bridgehead atoms. The van der Waals surface area contributed by atoms with E-state index in [1.54, 1.807) is 0 Å². The van der Waals surface area contributed by atoms with Crippen LogP contribution in [0.4, 0.5) is 17.6 Å². The van der Waals surface area contributed by atoms with Crippen molar-refractivity contribution in [2.24, 2.45) is 5.92 Å². The van der Waals surface area contributed by atoms with Gasteiger partial charge in [-0.05, 0) is 56.0 Å². The summed E-state index contributed by atoms with van der Waals surface area (Å²) in [4.78, 5) is 14.3. The molecule has 2 aliphatic rings. The summed E-state index contributed by atoms with van der Waals surface area (Å²) in [7, 11) is 0. The van der Waals surface area contributed by atoms with Gasteiger partial charge in [-0.15, -0.1) is 0 Å². The Morgan fingerprint density at radius 1 is 1.00 bits per heavy atom. The molecule has 7 nitrogen and oxygen atoms in total. The highest BCUT2D eigenvalue weighted by atomic mass is 32.1. The number of furan rings is 1. The van der Waals surface area contributed by atoms with E-state index in [9.17, 15) is 0 Å². The van der Waals surface area contributed by atoms with Crippen LogP contribution in [0.1, 0.15) is 38.4 Å². The molecule has 1 aromatic carbocycles. The monoisotopic (exact) mass is 476 g/mol. The van der Waals surface area contributed by atoms with E-state index >= 15 is 0 Å². The lowest BCUT2D eigenvalue weighted by atomic mass is 10.0. The second kappa shape index (κ2) is 10.4. The third kappa shape index (κ3) is 5.50. The van der Waals surface area contributed by atoms with Gasteiger partial charge in [0.1, 0.15) is 23.2 Å². The molecule has 2 aromatic heterocycles. The Morgan fingerprint density at radius 2 is 1.74 bits per heavy atom. The van der Waals surface area contributed by atoms with E-state index in [1.165, 1.54) is 25.7 Å². The first-order chi connectivity index (χ1) is 16.6. The largest absolute Gasteiger partial charge is 0.459 e. The molecule has 2 aliphatic heterocycles. The van der Waals surface area contributed by atoms with Crippen molar-refractivity contribution >= 4 is 34.9 Å². The third-order valence-electron chi connectivity index (χ3n) is 6.48. The van der Waals surface area contributed by atoms with E-state index in [4.69, 9.17) is 26.6 Å². The standard InChI is InChI=1S/C26H32N6OS/c1-19-8-7-15-32(18-19)24-16-23(31-13-5-6-14-31)28-25(29-24)30-26(34)27-17-21-11-12-22(33-21)20-9-3-2-4-10-20/h2-4,9-12,16,19H,5-8,13-15,17-18H2,1H3,(H2,27,28,29,30,34). The van der Waals surface area contributed by atoms with Crippen LogP contribution in [-0.2, 0) is 6.54 Å². The smallest absolute Gasteiger partial charge is 0.232 e. The molecule has 178 valence electrons. The number of benzene rings is 1. The summed E-state index contributed by atoms with van der Waals surface area (Å²) in [5, 5.41) is 6.92. The van der Waals surface area contributed by atoms with E-state index in [2.05, 4.69) is 33.4 Å². The topological polar surface area (TPSA) is 69.5 Å². The summed E-state index contributed by atoms with van der Waals surface area (Å²) in [6, 6.07) is 16.2. The molecule has 2 N–H and O–H groups in total. The zero-order chi connectivity index (χ0) is 23.3. The van der Waals surface area contributed by atoms with Gasteiger partial charge in [0, 0.05) is 37.8 Å². The third-order valence-corrected chi connectivity index (χ3v) is 6.73. The molecule has 0 saturated carbocycles. The molecular weight excluding hydrogens is 444 g/mol. The Labute approximate surface area is 206 Å². The second-order valence-electron chi connectivity index (χ2n) is 9.24. The molecule has 0 amide bonds. The van der Waals surface area contributed by atoms with Crippen LogP contribution in [-0.4, -0.2) is 41.3 Å². The summed E-state index contributed by atoms with van der Waals surface area (Å²) in [6.07, 6.45) is 4.88. The van der Waals surface area contributed by atoms with Crippen molar-refractivity contribution in [2.45, 2.75) is 39.2 Å². The summed E-state index contributed by atoms with van der Waals surface area (Å²) >= 11 is 5.56. The van der Waals surface area contributed by atoms with Gasteiger partial charge in [-0.25, -0.2) is 0 Å². The number of nitrogens with one attached hydrogen (secondary N) is 2. The minimum atomic E-state index is 0.481. The molecule has 2 fully saturated rings. The quantitative estimate of drug-likeness (QED) is 0.479. The van der Waals surface area contributed by atoms with Crippen LogP contribution >= 0.6 is 12.2 Å². The van der Waals surface area contributed by atoms with Gasteiger partial charge in [-0.1, -0.05) is 37.3 Å². The van der Waals surface area contributed by atoms with E-state index in [-0.39, 0.29) is 0 Å². The van der Waals surface area contributed by atoms with Crippen molar-refractivity contribution in [3.05, 3.63) is 54.3 Å². The maximum atomic E-state index is 5.97. The molecular formula is C26H32N6OS. The zero-order valence-electron chi connectivity index (χ0n) is 19.7. The fourth-order valence-electron chi connectivity index (χ4n) is 4.69. The van der Waals surface area contributed by atoms with Gasteiger partial charge in [-0.2, -0.15) is 9.97 Å². The average molecular weight is 477 g/mol. The first-order valence-electron chi connectivity index (χ1n) is 12.2. The van der Waals surface area contributed by atoms with E-state index < -0.39 is 0 Å². The molecule has 1 unspecified atom stereocenters. The lowest BCUT2D eigenvalue weighted by molar-refractivity contribution is 0.444. The van der Waals surface area contributed by atoms with E-state index in [0.717, 1.165) is 54.9 Å². The van der Waals surface area contributed by atoms with Crippen molar-refractivity contribution in [1.82, 2.24) is 15.3 Å². The Balaban J connectivity index is 1.26. The molecule has 0 radical (unpaired) electrons. The Bertz CT molecular complexity index is 1110. The maximum absolute atomic E-state index is 5.97. The number of anilines is 3. The van der Waals surface area contributed by atoms with Gasteiger partial charge in [0.2, 0.25) is 5.95 Å². The van der Waals surface area contributed by atoms with Gasteiger partial charge in [-0.3, -0.25) is 0 Å². The summed E-state index contributed by atoms with van der Waals surface area (Å²) < 4.78 is 5.97. The lowest BCUT2D eigenvalue weighted by Crippen LogP contribution is -2.35. The first-order valence-corrected chi connectivity index (χ1v) is 12.6. The number of hydrogen-bond donors (Lipinski definition) is 2.